The lowest BCUT2D eigenvalue weighted by atomic mass is 10.1. The summed E-state index contributed by atoms with van der Waals surface area (Å²) in [4.78, 5) is 13.0. The summed E-state index contributed by atoms with van der Waals surface area (Å²) in [5.41, 5.74) is 3.45. The topological polar surface area (TPSA) is 29.1 Å². The summed E-state index contributed by atoms with van der Waals surface area (Å²) < 4.78 is 12.8. The van der Waals surface area contributed by atoms with Gasteiger partial charge in [-0.15, -0.1) is 11.8 Å². The van der Waals surface area contributed by atoms with Crippen LogP contribution in [-0.4, -0.2) is 11.7 Å². The molecule has 0 saturated heterocycles. The zero-order valence-corrected chi connectivity index (χ0v) is 13.7. The SMILES string of the molecule is Cc1ccc(SCCC(=O)NCc2ccc(F)cc2)cc1C. The standard InChI is InChI=1S/C18H20FNOS/c1-13-3-8-17(11-14(13)2)22-10-9-18(21)20-12-15-4-6-16(19)7-5-15/h3-8,11H,9-10,12H2,1-2H3,(H,20,21). The molecule has 0 heterocycles. The van der Waals surface area contributed by atoms with Crippen LogP contribution >= 0.6 is 11.8 Å². The third-order valence-electron chi connectivity index (χ3n) is 3.48. The van der Waals surface area contributed by atoms with Crippen molar-refractivity contribution in [2.45, 2.75) is 31.7 Å². The third-order valence-corrected chi connectivity index (χ3v) is 4.47. The second-order valence-electron chi connectivity index (χ2n) is 5.25. The number of carbonyl (C=O) groups is 1. The Balaban J connectivity index is 1.71. The van der Waals surface area contributed by atoms with Gasteiger partial charge in [-0.1, -0.05) is 18.2 Å². The molecule has 0 unspecified atom stereocenters. The van der Waals surface area contributed by atoms with Crippen molar-refractivity contribution in [3.8, 4) is 0 Å². The molecule has 0 aliphatic rings. The quantitative estimate of drug-likeness (QED) is 0.807. The zero-order valence-electron chi connectivity index (χ0n) is 12.9. The summed E-state index contributed by atoms with van der Waals surface area (Å²) in [6.07, 6.45) is 0.471. The highest BCUT2D eigenvalue weighted by molar-refractivity contribution is 7.99. The minimum atomic E-state index is -0.264. The number of halogens is 1. The number of rotatable bonds is 6. The molecule has 0 fully saturated rings. The van der Waals surface area contributed by atoms with Crippen molar-refractivity contribution in [2.24, 2.45) is 0 Å². The number of aryl methyl sites for hydroxylation is 2. The van der Waals surface area contributed by atoms with Crippen molar-refractivity contribution in [3.05, 3.63) is 65.0 Å². The maximum absolute atomic E-state index is 12.8. The number of hydrogen-bond acceptors (Lipinski definition) is 2. The summed E-state index contributed by atoms with van der Waals surface area (Å²) in [7, 11) is 0. The number of carbonyl (C=O) groups excluding carboxylic acids is 1. The predicted octanol–water partition coefficient (Wildman–Crippen LogP) is 4.24. The van der Waals surface area contributed by atoms with E-state index in [9.17, 15) is 9.18 Å². The minimum Gasteiger partial charge on any atom is -0.352 e. The van der Waals surface area contributed by atoms with Crippen molar-refractivity contribution in [2.75, 3.05) is 5.75 Å². The molecule has 2 nitrogen and oxygen atoms in total. The molecule has 1 N–H and O–H groups in total. The number of hydrogen-bond donors (Lipinski definition) is 1. The molecule has 0 radical (unpaired) electrons. The van der Waals surface area contributed by atoms with Gasteiger partial charge in [0, 0.05) is 23.6 Å². The fourth-order valence-electron chi connectivity index (χ4n) is 1.96. The molecule has 0 aliphatic heterocycles. The Hall–Kier alpha value is -1.81. The molecule has 0 bridgehead atoms. The van der Waals surface area contributed by atoms with Crippen LogP contribution in [0.15, 0.2) is 47.4 Å². The van der Waals surface area contributed by atoms with E-state index >= 15 is 0 Å². The Bertz CT molecular complexity index is 640. The second kappa shape index (κ2) is 7.99. The number of amides is 1. The van der Waals surface area contributed by atoms with E-state index in [0.717, 1.165) is 11.3 Å². The van der Waals surface area contributed by atoms with Crippen LogP contribution in [0.3, 0.4) is 0 Å². The largest absolute Gasteiger partial charge is 0.352 e. The van der Waals surface area contributed by atoms with Gasteiger partial charge < -0.3 is 5.32 Å². The van der Waals surface area contributed by atoms with E-state index in [2.05, 4.69) is 37.4 Å². The molecule has 0 spiro atoms. The Morgan fingerprint density at radius 2 is 1.82 bits per heavy atom. The van der Waals surface area contributed by atoms with Crippen LogP contribution in [0.5, 0.6) is 0 Å². The lowest BCUT2D eigenvalue weighted by Gasteiger charge is -2.07. The summed E-state index contributed by atoms with van der Waals surface area (Å²) in [5, 5.41) is 2.85. The average molecular weight is 317 g/mol. The molecule has 2 aromatic carbocycles. The van der Waals surface area contributed by atoms with Crippen LogP contribution in [-0.2, 0) is 11.3 Å². The van der Waals surface area contributed by atoms with E-state index in [1.165, 1.54) is 28.2 Å². The van der Waals surface area contributed by atoms with Crippen LogP contribution in [0.4, 0.5) is 4.39 Å². The molecular weight excluding hydrogens is 297 g/mol. The smallest absolute Gasteiger partial charge is 0.221 e. The lowest BCUT2D eigenvalue weighted by molar-refractivity contribution is -0.120. The Morgan fingerprint density at radius 3 is 2.50 bits per heavy atom. The molecular formula is C18H20FNOS. The first-order chi connectivity index (χ1) is 10.5. The number of benzene rings is 2. The van der Waals surface area contributed by atoms with Gasteiger partial charge in [-0.05, 0) is 54.8 Å². The summed E-state index contributed by atoms with van der Waals surface area (Å²) >= 11 is 1.68. The number of nitrogens with one attached hydrogen (secondary N) is 1. The first-order valence-corrected chi connectivity index (χ1v) is 8.24. The molecule has 0 saturated carbocycles. The third kappa shape index (κ3) is 5.19. The van der Waals surface area contributed by atoms with Crippen molar-refractivity contribution in [3.63, 3.8) is 0 Å². The van der Waals surface area contributed by atoms with E-state index in [0.29, 0.717) is 13.0 Å². The monoisotopic (exact) mass is 317 g/mol. The van der Waals surface area contributed by atoms with Gasteiger partial charge in [-0.25, -0.2) is 4.39 Å². The van der Waals surface area contributed by atoms with Gasteiger partial charge in [-0.3, -0.25) is 4.79 Å². The zero-order chi connectivity index (χ0) is 15.9. The van der Waals surface area contributed by atoms with E-state index in [4.69, 9.17) is 0 Å². The van der Waals surface area contributed by atoms with Crippen LogP contribution < -0.4 is 5.32 Å². The normalized spacial score (nSPS) is 10.5. The first-order valence-electron chi connectivity index (χ1n) is 7.26. The van der Waals surface area contributed by atoms with Crippen molar-refractivity contribution < 1.29 is 9.18 Å². The Labute approximate surface area is 135 Å². The predicted molar refractivity (Wildman–Crippen MR) is 89.5 cm³/mol. The molecule has 0 atom stereocenters. The highest BCUT2D eigenvalue weighted by Gasteiger charge is 2.03. The van der Waals surface area contributed by atoms with Crippen LogP contribution in [0.2, 0.25) is 0 Å². The Kier molecular flexibility index (Phi) is 6.01. The van der Waals surface area contributed by atoms with Gasteiger partial charge in [0.1, 0.15) is 5.82 Å². The molecule has 1 amide bonds. The van der Waals surface area contributed by atoms with Crippen LogP contribution in [0.25, 0.3) is 0 Å². The van der Waals surface area contributed by atoms with Gasteiger partial charge in [0.05, 0.1) is 0 Å². The highest BCUT2D eigenvalue weighted by atomic mass is 32.2. The van der Waals surface area contributed by atoms with E-state index in [1.807, 2.05) is 0 Å². The first kappa shape index (κ1) is 16.6. The van der Waals surface area contributed by atoms with Gasteiger partial charge in [0.2, 0.25) is 5.91 Å². The van der Waals surface area contributed by atoms with Crippen LogP contribution in [0, 0.1) is 19.7 Å². The summed E-state index contributed by atoms with van der Waals surface area (Å²) in [6, 6.07) is 12.5. The molecule has 4 heteroatoms. The van der Waals surface area contributed by atoms with E-state index in [-0.39, 0.29) is 11.7 Å². The van der Waals surface area contributed by atoms with Crippen molar-refractivity contribution in [1.82, 2.24) is 5.32 Å². The van der Waals surface area contributed by atoms with Gasteiger partial charge >= 0.3 is 0 Å². The summed E-state index contributed by atoms with van der Waals surface area (Å²) in [5.74, 6) is 0.498. The fourth-order valence-corrected chi connectivity index (χ4v) is 2.90. The average Bonchev–Trinajstić information content (AvgIpc) is 2.50. The van der Waals surface area contributed by atoms with E-state index in [1.54, 1.807) is 23.9 Å². The molecule has 116 valence electrons. The van der Waals surface area contributed by atoms with E-state index < -0.39 is 0 Å². The van der Waals surface area contributed by atoms with Gasteiger partial charge in [0.25, 0.3) is 0 Å². The fraction of sp³-hybridized carbons (Fsp3) is 0.278. The molecule has 0 aromatic heterocycles. The number of thioether (sulfide) groups is 1. The summed E-state index contributed by atoms with van der Waals surface area (Å²) in [6.45, 7) is 4.62. The van der Waals surface area contributed by atoms with Crippen molar-refractivity contribution >= 4 is 17.7 Å². The maximum Gasteiger partial charge on any atom is 0.221 e. The van der Waals surface area contributed by atoms with Gasteiger partial charge in [-0.2, -0.15) is 0 Å². The van der Waals surface area contributed by atoms with Gasteiger partial charge in [0.15, 0.2) is 0 Å². The molecule has 22 heavy (non-hydrogen) atoms. The second-order valence-corrected chi connectivity index (χ2v) is 6.42. The maximum atomic E-state index is 12.8. The lowest BCUT2D eigenvalue weighted by Crippen LogP contribution is -2.22. The van der Waals surface area contributed by atoms with Crippen molar-refractivity contribution in [1.29, 1.82) is 0 Å². The molecule has 0 aliphatic carbocycles. The minimum absolute atomic E-state index is 0.0145. The molecule has 2 rings (SSSR count). The van der Waals surface area contributed by atoms with Crippen LogP contribution in [0.1, 0.15) is 23.1 Å². The Morgan fingerprint density at radius 1 is 1.09 bits per heavy atom. The highest BCUT2D eigenvalue weighted by Crippen LogP contribution is 2.21. The molecule has 2 aromatic rings.